The molecule has 39 heavy (non-hydrogen) atoms. The van der Waals surface area contributed by atoms with E-state index in [0.717, 1.165) is 59.2 Å². The van der Waals surface area contributed by atoms with E-state index in [9.17, 15) is 4.79 Å². The lowest BCUT2D eigenvalue weighted by molar-refractivity contribution is -0.127. The number of carbonyl (C=O) groups excluding carboxylic acids is 1. The van der Waals surface area contributed by atoms with Gasteiger partial charge in [-0.1, -0.05) is 104 Å². The van der Waals surface area contributed by atoms with Gasteiger partial charge in [-0.15, -0.1) is 0 Å². The Bertz CT molecular complexity index is 1450. The van der Waals surface area contributed by atoms with Crippen LogP contribution >= 0.6 is 23.2 Å². The van der Waals surface area contributed by atoms with Crippen molar-refractivity contribution >= 4 is 40.1 Å². The minimum atomic E-state index is -0.274. The van der Waals surface area contributed by atoms with Gasteiger partial charge in [0, 0.05) is 11.6 Å². The second kappa shape index (κ2) is 11.7. The van der Waals surface area contributed by atoms with Crippen LogP contribution in [0.25, 0.3) is 33.5 Å². The van der Waals surface area contributed by atoms with Gasteiger partial charge in [0.25, 0.3) is 0 Å². The molecule has 1 N–H and O–H groups in total. The first-order valence-corrected chi connectivity index (χ1v) is 15.2. The van der Waals surface area contributed by atoms with Crippen molar-refractivity contribution in [2.75, 3.05) is 0 Å². The molecular formula is C33H35Cl2N3O. The maximum absolute atomic E-state index is 14.2. The molecule has 1 aromatic heterocycles. The summed E-state index contributed by atoms with van der Waals surface area (Å²) in [5.41, 5.74) is 5.01. The van der Waals surface area contributed by atoms with E-state index >= 15 is 0 Å². The van der Waals surface area contributed by atoms with Crippen molar-refractivity contribution in [2.24, 2.45) is 5.92 Å². The molecule has 2 aliphatic carbocycles. The number of fused-ring (bicyclic) bond motifs is 1. The third kappa shape index (κ3) is 5.60. The molecule has 0 radical (unpaired) electrons. The average Bonchev–Trinajstić information content (AvgIpc) is 3.35. The summed E-state index contributed by atoms with van der Waals surface area (Å²) in [7, 11) is 0. The molecule has 0 spiro atoms. The zero-order valence-corrected chi connectivity index (χ0v) is 23.7. The van der Waals surface area contributed by atoms with Crippen LogP contribution in [0.2, 0.25) is 10.0 Å². The minimum Gasteiger partial charge on any atom is -0.352 e. The topological polar surface area (TPSA) is 46.9 Å². The van der Waals surface area contributed by atoms with Crippen molar-refractivity contribution in [3.05, 3.63) is 76.8 Å². The first-order valence-electron chi connectivity index (χ1n) is 14.4. The number of imidazole rings is 1. The monoisotopic (exact) mass is 559 g/mol. The Morgan fingerprint density at radius 1 is 0.769 bits per heavy atom. The van der Waals surface area contributed by atoms with Crippen molar-refractivity contribution in [1.29, 1.82) is 0 Å². The number of rotatable bonds is 6. The van der Waals surface area contributed by atoms with Crippen LogP contribution in [-0.2, 0) is 4.79 Å². The Balaban J connectivity index is 1.42. The standard InChI is InChI=1S/C33H35Cl2N3O/c34-27-20-19-25(21-28(27)35)22-15-17-24(18-16-22)32-37-29-13-7-8-14-30(29)38(32)31(23-9-3-1-4-10-23)33(39)36-26-11-5-2-6-12-26/h7-8,13-21,23,26,31H,1-6,9-12H2,(H,36,39). The molecular weight excluding hydrogens is 525 g/mol. The van der Waals surface area contributed by atoms with Crippen LogP contribution in [-0.4, -0.2) is 21.5 Å². The van der Waals surface area contributed by atoms with E-state index in [1.54, 1.807) is 0 Å². The fourth-order valence-electron chi connectivity index (χ4n) is 6.54. The third-order valence-electron chi connectivity index (χ3n) is 8.59. The number of hydrogen-bond donors (Lipinski definition) is 1. The van der Waals surface area contributed by atoms with Gasteiger partial charge in [-0.25, -0.2) is 4.98 Å². The van der Waals surface area contributed by atoms with Gasteiger partial charge >= 0.3 is 0 Å². The van der Waals surface area contributed by atoms with Crippen LogP contribution in [0.4, 0.5) is 0 Å². The molecule has 2 saturated carbocycles. The lowest BCUT2D eigenvalue weighted by Gasteiger charge is -2.33. The summed E-state index contributed by atoms with van der Waals surface area (Å²) in [6.07, 6.45) is 11.6. The normalized spacial score (nSPS) is 17.8. The van der Waals surface area contributed by atoms with Crippen LogP contribution in [0.5, 0.6) is 0 Å². The smallest absolute Gasteiger partial charge is 0.243 e. The van der Waals surface area contributed by atoms with Crippen LogP contribution in [0, 0.1) is 5.92 Å². The number of amides is 1. The molecule has 202 valence electrons. The van der Waals surface area contributed by atoms with E-state index in [0.29, 0.717) is 16.0 Å². The van der Waals surface area contributed by atoms with Crippen molar-refractivity contribution in [2.45, 2.75) is 76.3 Å². The van der Waals surface area contributed by atoms with Gasteiger partial charge in [0.15, 0.2) is 0 Å². The summed E-state index contributed by atoms with van der Waals surface area (Å²) < 4.78 is 2.25. The number of para-hydroxylation sites is 2. The Kier molecular flexibility index (Phi) is 7.95. The van der Waals surface area contributed by atoms with E-state index in [4.69, 9.17) is 28.2 Å². The molecule has 6 rings (SSSR count). The summed E-state index contributed by atoms with van der Waals surface area (Å²) in [5, 5.41) is 4.57. The van der Waals surface area contributed by atoms with Crippen LogP contribution in [0.1, 0.15) is 70.3 Å². The van der Waals surface area contributed by atoms with Gasteiger partial charge in [-0.3, -0.25) is 4.79 Å². The molecule has 1 unspecified atom stereocenters. The number of nitrogens with zero attached hydrogens (tertiary/aromatic N) is 2. The Labute approximate surface area is 240 Å². The number of benzene rings is 3. The third-order valence-corrected chi connectivity index (χ3v) is 9.33. The summed E-state index contributed by atoms with van der Waals surface area (Å²) >= 11 is 12.4. The number of halogens is 2. The Morgan fingerprint density at radius 2 is 1.41 bits per heavy atom. The van der Waals surface area contributed by atoms with Gasteiger partial charge in [-0.2, -0.15) is 0 Å². The fourth-order valence-corrected chi connectivity index (χ4v) is 6.84. The second-order valence-electron chi connectivity index (χ2n) is 11.2. The zero-order chi connectivity index (χ0) is 26.8. The fraction of sp³-hybridized carbons (Fsp3) is 0.394. The predicted octanol–water partition coefficient (Wildman–Crippen LogP) is 9.25. The number of nitrogens with one attached hydrogen (secondary N) is 1. The van der Waals surface area contributed by atoms with Gasteiger partial charge in [-0.05, 0) is 67.0 Å². The van der Waals surface area contributed by atoms with Gasteiger partial charge in [0.1, 0.15) is 11.9 Å². The first kappa shape index (κ1) is 26.4. The lowest BCUT2D eigenvalue weighted by Crippen LogP contribution is -2.43. The van der Waals surface area contributed by atoms with E-state index < -0.39 is 0 Å². The Morgan fingerprint density at radius 3 is 2.13 bits per heavy atom. The average molecular weight is 561 g/mol. The Hall–Kier alpha value is -2.82. The van der Waals surface area contributed by atoms with Crippen LogP contribution < -0.4 is 5.32 Å². The minimum absolute atomic E-state index is 0.158. The molecule has 1 amide bonds. The summed E-state index contributed by atoms with van der Waals surface area (Å²) in [6, 6.07) is 22.3. The zero-order valence-electron chi connectivity index (χ0n) is 22.2. The largest absolute Gasteiger partial charge is 0.352 e. The lowest BCUT2D eigenvalue weighted by atomic mass is 9.82. The molecule has 0 bridgehead atoms. The van der Waals surface area contributed by atoms with Gasteiger partial charge in [0.2, 0.25) is 5.91 Å². The van der Waals surface area contributed by atoms with Gasteiger partial charge < -0.3 is 9.88 Å². The number of aromatic nitrogens is 2. The van der Waals surface area contributed by atoms with E-state index in [2.05, 4.69) is 52.3 Å². The summed E-state index contributed by atoms with van der Waals surface area (Å²) in [4.78, 5) is 19.3. The number of carbonyl (C=O) groups is 1. The predicted molar refractivity (Wildman–Crippen MR) is 161 cm³/mol. The van der Waals surface area contributed by atoms with Crippen molar-refractivity contribution in [3.63, 3.8) is 0 Å². The molecule has 0 aliphatic heterocycles. The van der Waals surface area contributed by atoms with Crippen molar-refractivity contribution in [1.82, 2.24) is 14.9 Å². The summed E-state index contributed by atoms with van der Waals surface area (Å²) in [6.45, 7) is 0. The highest BCUT2D eigenvalue weighted by Crippen LogP contribution is 2.39. The second-order valence-corrected chi connectivity index (χ2v) is 12.0. The quantitative estimate of drug-likeness (QED) is 0.256. The molecule has 2 aliphatic rings. The first-order chi connectivity index (χ1) is 19.1. The van der Waals surface area contributed by atoms with E-state index in [-0.39, 0.29) is 18.0 Å². The highest BCUT2D eigenvalue weighted by Gasteiger charge is 2.35. The molecule has 1 atom stereocenters. The van der Waals surface area contributed by atoms with Crippen molar-refractivity contribution < 1.29 is 4.79 Å². The molecule has 3 aromatic carbocycles. The van der Waals surface area contributed by atoms with Gasteiger partial charge in [0.05, 0.1) is 21.1 Å². The summed E-state index contributed by atoms with van der Waals surface area (Å²) in [5.74, 6) is 1.31. The molecule has 4 nitrogen and oxygen atoms in total. The molecule has 1 heterocycles. The number of hydrogen-bond acceptors (Lipinski definition) is 2. The van der Waals surface area contributed by atoms with Crippen molar-refractivity contribution in [3.8, 4) is 22.5 Å². The van der Waals surface area contributed by atoms with E-state index in [1.165, 1.54) is 38.5 Å². The highest BCUT2D eigenvalue weighted by molar-refractivity contribution is 6.42. The van der Waals surface area contributed by atoms with E-state index in [1.807, 2.05) is 24.3 Å². The maximum atomic E-state index is 14.2. The molecule has 4 aromatic rings. The maximum Gasteiger partial charge on any atom is 0.243 e. The van der Waals surface area contributed by atoms with Crippen LogP contribution in [0.3, 0.4) is 0 Å². The SMILES string of the molecule is O=C(NC1CCCCC1)C(C1CCCCC1)n1c(-c2ccc(-c3ccc(Cl)c(Cl)c3)cc2)nc2ccccc21. The molecule has 2 fully saturated rings. The molecule has 6 heteroatoms. The molecule has 0 saturated heterocycles. The highest BCUT2D eigenvalue weighted by atomic mass is 35.5. The van der Waals surface area contributed by atoms with Crippen LogP contribution in [0.15, 0.2) is 66.7 Å².